The first-order chi connectivity index (χ1) is 11.2. The molecule has 0 bridgehead atoms. The van der Waals surface area contributed by atoms with Gasteiger partial charge >= 0.3 is 0 Å². The Balaban J connectivity index is 2.42. The summed E-state index contributed by atoms with van der Waals surface area (Å²) < 4.78 is 40.6. The number of sulfonamides is 1. The summed E-state index contributed by atoms with van der Waals surface area (Å²) in [4.78, 5) is 5.41. The van der Waals surface area contributed by atoms with Crippen LogP contribution in [0.15, 0.2) is 34.2 Å². The van der Waals surface area contributed by atoms with Crippen molar-refractivity contribution in [3.05, 3.63) is 41.6 Å². The highest BCUT2D eigenvalue weighted by molar-refractivity contribution is 7.99. The van der Waals surface area contributed by atoms with Crippen LogP contribution in [0.2, 0.25) is 0 Å². The van der Waals surface area contributed by atoms with Crippen molar-refractivity contribution in [2.24, 2.45) is 0 Å². The van der Waals surface area contributed by atoms with E-state index in [0.29, 0.717) is 12.4 Å². The largest absolute Gasteiger partial charge is 0.322 e. The van der Waals surface area contributed by atoms with Crippen molar-refractivity contribution in [2.45, 2.75) is 49.7 Å². The molecule has 5 nitrogen and oxygen atoms in total. The summed E-state index contributed by atoms with van der Waals surface area (Å²) in [5, 5.41) is 0.920. The molecule has 0 unspecified atom stereocenters. The smallest absolute Gasteiger partial charge is 0.209 e. The second-order valence-electron chi connectivity index (χ2n) is 5.77. The van der Waals surface area contributed by atoms with E-state index in [1.807, 2.05) is 31.4 Å². The summed E-state index contributed by atoms with van der Waals surface area (Å²) in [5.41, 5.74) is 0.886. The second kappa shape index (κ2) is 7.67. The van der Waals surface area contributed by atoms with Crippen molar-refractivity contribution in [2.75, 3.05) is 6.26 Å². The SMILES string of the molecule is CCn1c(CNS(C)(=O)=O)nc(C(C)C)c1Sc1cccc(F)c1. The zero-order valence-corrected chi connectivity index (χ0v) is 15.8. The minimum atomic E-state index is -3.30. The van der Waals surface area contributed by atoms with Gasteiger partial charge in [-0.05, 0) is 31.0 Å². The van der Waals surface area contributed by atoms with Gasteiger partial charge < -0.3 is 4.57 Å². The average molecular weight is 372 g/mol. The fourth-order valence-corrected chi connectivity index (χ4v) is 3.95. The van der Waals surface area contributed by atoms with E-state index < -0.39 is 10.0 Å². The molecule has 1 aromatic carbocycles. The first-order valence-corrected chi connectivity index (χ1v) is 10.4. The Morgan fingerprint density at radius 2 is 2.08 bits per heavy atom. The highest BCUT2D eigenvalue weighted by Gasteiger charge is 2.20. The van der Waals surface area contributed by atoms with Gasteiger partial charge in [-0.3, -0.25) is 0 Å². The predicted octanol–water partition coefficient (Wildman–Crippen LogP) is 3.37. The molecule has 0 saturated carbocycles. The van der Waals surface area contributed by atoms with Gasteiger partial charge in [0.1, 0.15) is 16.7 Å². The molecule has 1 heterocycles. The highest BCUT2D eigenvalue weighted by atomic mass is 32.2. The number of hydrogen-bond acceptors (Lipinski definition) is 4. The van der Waals surface area contributed by atoms with Crippen molar-refractivity contribution >= 4 is 21.8 Å². The molecule has 1 aromatic heterocycles. The van der Waals surface area contributed by atoms with Gasteiger partial charge in [-0.1, -0.05) is 31.7 Å². The molecule has 0 aliphatic heterocycles. The van der Waals surface area contributed by atoms with Crippen molar-refractivity contribution in [3.63, 3.8) is 0 Å². The minimum absolute atomic E-state index is 0.135. The number of rotatable bonds is 7. The number of benzene rings is 1. The fraction of sp³-hybridized carbons (Fsp3) is 0.438. The van der Waals surface area contributed by atoms with Crippen LogP contribution in [0.5, 0.6) is 0 Å². The summed E-state index contributed by atoms with van der Waals surface area (Å²) in [6, 6.07) is 6.41. The van der Waals surface area contributed by atoms with Crippen LogP contribution >= 0.6 is 11.8 Å². The normalized spacial score (nSPS) is 12.1. The number of aromatic nitrogens is 2. The van der Waals surface area contributed by atoms with E-state index in [-0.39, 0.29) is 18.3 Å². The summed E-state index contributed by atoms with van der Waals surface area (Å²) >= 11 is 1.45. The molecule has 132 valence electrons. The van der Waals surface area contributed by atoms with E-state index in [4.69, 9.17) is 0 Å². The molecule has 1 N–H and O–H groups in total. The Hall–Kier alpha value is -1.38. The average Bonchev–Trinajstić information content (AvgIpc) is 2.82. The van der Waals surface area contributed by atoms with Crippen LogP contribution < -0.4 is 4.72 Å². The van der Waals surface area contributed by atoms with E-state index >= 15 is 0 Å². The maximum atomic E-state index is 13.5. The maximum absolute atomic E-state index is 13.5. The Bertz CT molecular complexity index is 817. The molecule has 0 spiro atoms. The third-order valence-electron chi connectivity index (χ3n) is 3.39. The van der Waals surface area contributed by atoms with Gasteiger partial charge in [-0.15, -0.1) is 0 Å². The summed E-state index contributed by atoms with van der Waals surface area (Å²) in [6.45, 7) is 6.83. The first-order valence-electron chi connectivity index (χ1n) is 7.68. The van der Waals surface area contributed by atoms with Gasteiger partial charge in [0.25, 0.3) is 0 Å². The molecular weight excluding hydrogens is 349 g/mol. The van der Waals surface area contributed by atoms with Gasteiger partial charge in [0, 0.05) is 11.4 Å². The van der Waals surface area contributed by atoms with Crippen LogP contribution in [-0.4, -0.2) is 24.2 Å². The number of nitrogens with one attached hydrogen (secondary N) is 1. The van der Waals surface area contributed by atoms with Crippen LogP contribution in [-0.2, 0) is 23.1 Å². The standard InChI is InChI=1S/C16H22FN3O2S2/c1-5-20-14(10-18-24(4,21)22)19-15(11(2)3)16(20)23-13-8-6-7-12(17)9-13/h6-9,11,18H,5,10H2,1-4H3. The third kappa shape index (κ3) is 4.81. The predicted molar refractivity (Wildman–Crippen MR) is 94.2 cm³/mol. The molecule has 2 rings (SSSR count). The maximum Gasteiger partial charge on any atom is 0.209 e. The molecule has 0 radical (unpaired) electrons. The first kappa shape index (κ1) is 19.0. The zero-order chi connectivity index (χ0) is 17.9. The molecule has 24 heavy (non-hydrogen) atoms. The number of hydrogen-bond donors (Lipinski definition) is 1. The van der Waals surface area contributed by atoms with E-state index in [1.165, 1.54) is 23.9 Å². The van der Waals surface area contributed by atoms with Crippen LogP contribution in [0.4, 0.5) is 4.39 Å². The van der Waals surface area contributed by atoms with Crippen LogP contribution in [0.1, 0.15) is 38.2 Å². The van der Waals surface area contributed by atoms with E-state index in [2.05, 4.69) is 9.71 Å². The molecule has 0 atom stereocenters. The molecule has 0 aliphatic rings. The lowest BCUT2D eigenvalue weighted by Gasteiger charge is -2.11. The number of nitrogens with zero attached hydrogens (tertiary/aromatic N) is 2. The molecule has 0 aliphatic carbocycles. The Kier molecular flexibility index (Phi) is 6.06. The van der Waals surface area contributed by atoms with Crippen LogP contribution in [0.3, 0.4) is 0 Å². The van der Waals surface area contributed by atoms with Gasteiger partial charge in [-0.2, -0.15) is 0 Å². The number of halogens is 1. The monoisotopic (exact) mass is 371 g/mol. The topological polar surface area (TPSA) is 64.0 Å². The van der Waals surface area contributed by atoms with Crippen LogP contribution in [0, 0.1) is 5.82 Å². The molecule has 8 heteroatoms. The molecule has 0 fully saturated rings. The fourth-order valence-electron chi connectivity index (χ4n) is 2.28. The van der Waals surface area contributed by atoms with Gasteiger partial charge in [0.15, 0.2) is 0 Å². The lowest BCUT2D eigenvalue weighted by molar-refractivity contribution is 0.577. The lowest BCUT2D eigenvalue weighted by Crippen LogP contribution is -2.23. The molecule has 0 amide bonds. The van der Waals surface area contributed by atoms with E-state index in [0.717, 1.165) is 21.9 Å². The Morgan fingerprint density at radius 1 is 1.38 bits per heavy atom. The van der Waals surface area contributed by atoms with Gasteiger partial charge in [0.2, 0.25) is 10.0 Å². The summed E-state index contributed by atoms with van der Waals surface area (Å²) in [5.74, 6) is 0.545. The zero-order valence-electron chi connectivity index (χ0n) is 14.2. The lowest BCUT2D eigenvalue weighted by atomic mass is 10.1. The third-order valence-corrected chi connectivity index (χ3v) is 5.17. The van der Waals surface area contributed by atoms with Crippen molar-refractivity contribution in [1.29, 1.82) is 0 Å². The molecule has 2 aromatic rings. The second-order valence-corrected chi connectivity index (χ2v) is 8.67. The van der Waals surface area contributed by atoms with Crippen molar-refractivity contribution in [1.82, 2.24) is 14.3 Å². The van der Waals surface area contributed by atoms with Crippen LogP contribution in [0.25, 0.3) is 0 Å². The van der Waals surface area contributed by atoms with Gasteiger partial charge in [-0.25, -0.2) is 22.5 Å². The van der Waals surface area contributed by atoms with Gasteiger partial charge in [0.05, 0.1) is 18.5 Å². The minimum Gasteiger partial charge on any atom is -0.322 e. The number of imidazole rings is 1. The van der Waals surface area contributed by atoms with E-state index in [9.17, 15) is 12.8 Å². The summed E-state index contributed by atoms with van der Waals surface area (Å²) in [6.07, 6.45) is 1.12. The van der Waals surface area contributed by atoms with Crippen molar-refractivity contribution < 1.29 is 12.8 Å². The molecule has 0 saturated heterocycles. The Labute approximate surface area is 146 Å². The summed E-state index contributed by atoms with van der Waals surface area (Å²) in [7, 11) is -3.30. The van der Waals surface area contributed by atoms with Crippen molar-refractivity contribution in [3.8, 4) is 0 Å². The Morgan fingerprint density at radius 3 is 2.62 bits per heavy atom. The highest BCUT2D eigenvalue weighted by Crippen LogP contribution is 2.35. The van der Waals surface area contributed by atoms with E-state index in [1.54, 1.807) is 6.07 Å². The quantitative estimate of drug-likeness (QED) is 0.810. The molecular formula is C16H22FN3O2S2.